The van der Waals surface area contributed by atoms with Crippen LogP contribution in [0.2, 0.25) is 5.02 Å². The van der Waals surface area contributed by atoms with Gasteiger partial charge in [-0.2, -0.15) is 0 Å². The van der Waals surface area contributed by atoms with Crippen molar-refractivity contribution in [3.05, 3.63) is 97.2 Å². The Balaban J connectivity index is 1.51. The fourth-order valence-corrected chi connectivity index (χ4v) is 4.75. The first-order valence-corrected chi connectivity index (χ1v) is 11.0. The summed E-state index contributed by atoms with van der Waals surface area (Å²) in [6.45, 7) is -0.124. The summed E-state index contributed by atoms with van der Waals surface area (Å²) in [7, 11) is 0. The van der Waals surface area contributed by atoms with Crippen molar-refractivity contribution < 1.29 is 27.9 Å². The van der Waals surface area contributed by atoms with E-state index < -0.39 is 64.2 Å². The number of rotatable bonds is 3. The second kappa shape index (κ2) is 8.46. The number of aromatic nitrogens is 1. The quantitative estimate of drug-likeness (QED) is 0.574. The molecule has 3 aromatic rings. The van der Waals surface area contributed by atoms with E-state index in [1.807, 2.05) is 6.07 Å². The number of aromatic hydroxyl groups is 1. The van der Waals surface area contributed by atoms with E-state index in [1.54, 1.807) is 12.1 Å². The number of pyridine rings is 1. The minimum atomic E-state index is -1.20. The smallest absolute Gasteiger partial charge is 0.274 e. The second-order valence-corrected chi connectivity index (χ2v) is 8.90. The fourth-order valence-electron chi connectivity index (χ4n) is 4.56. The van der Waals surface area contributed by atoms with Gasteiger partial charge in [-0.25, -0.2) is 13.2 Å². The van der Waals surface area contributed by atoms with Crippen LogP contribution in [0.25, 0.3) is 0 Å². The van der Waals surface area contributed by atoms with Crippen molar-refractivity contribution in [3.63, 3.8) is 0 Å². The summed E-state index contributed by atoms with van der Waals surface area (Å²) >= 11 is 6.13. The van der Waals surface area contributed by atoms with Gasteiger partial charge in [0.15, 0.2) is 11.4 Å². The number of nitrogens with one attached hydrogen (secondary N) is 1. The van der Waals surface area contributed by atoms with Crippen LogP contribution in [0.4, 0.5) is 13.2 Å². The molecule has 180 valence electrons. The lowest BCUT2D eigenvalue weighted by molar-refractivity contribution is 0.0653. The Morgan fingerprint density at radius 1 is 1.11 bits per heavy atom. The van der Waals surface area contributed by atoms with Crippen molar-refractivity contribution in [2.24, 2.45) is 0 Å². The van der Waals surface area contributed by atoms with Crippen LogP contribution in [0, 0.1) is 17.5 Å². The summed E-state index contributed by atoms with van der Waals surface area (Å²) in [6, 6.07) is 5.84. The summed E-state index contributed by atoms with van der Waals surface area (Å²) in [6.07, 6.45) is 1.58. The molecule has 0 unspecified atom stereocenters. The van der Waals surface area contributed by atoms with Crippen molar-refractivity contribution in [2.45, 2.75) is 25.6 Å². The number of benzene rings is 2. The highest BCUT2D eigenvalue weighted by Gasteiger charge is 2.37. The predicted octanol–water partition coefficient (Wildman–Crippen LogP) is 3.31. The number of nitrogens with zero attached hydrogens (tertiary/aromatic N) is 2. The number of hydrogen-bond donors (Lipinski definition) is 2. The average Bonchev–Trinajstić information content (AvgIpc) is 2.96. The molecule has 35 heavy (non-hydrogen) atoms. The molecule has 2 aliphatic rings. The van der Waals surface area contributed by atoms with E-state index in [4.69, 9.17) is 11.6 Å². The maximum atomic E-state index is 13.9. The molecule has 2 bridgehead atoms. The Morgan fingerprint density at radius 3 is 2.54 bits per heavy atom. The lowest BCUT2D eigenvalue weighted by Crippen LogP contribution is -2.44. The molecule has 7 nitrogen and oxygen atoms in total. The van der Waals surface area contributed by atoms with Gasteiger partial charge in [-0.3, -0.25) is 14.4 Å². The summed E-state index contributed by atoms with van der Waals surface area (Å²) in [5.74, 6) is -5.99. The molecule has 0 aliphatic carbocycles. The van der Waals surface area contributed by atoms with E-state index in [0.29, 0.717) is 23.6 Å². The maximum Gasteiger partial charge on any atom is 0.274 e. The standard InChI is InChI=1S/C24H17ClF3N3O4/c25-13-2-1-11-8-30-9-15(4-12(11)3-13)31-10-17(21(32)22(33)20(31)24(30)35)23(34)29-7-16-18(27)5-14(26)6-19(16)28/h1-3,5-6,10,15,33H,4,7-9H2,(H,29,34)/t15-/m1/s1. The van der Waals surface area contributed by atoms with Crippen molar-refractivity contribution in [2.75, 3.05) is 6.54 Å². The van der Waals surface area contributed by atoms with Gasteiger partial charge in [-0.15, -0.1) is 0 Å². The number of amides is 2. The summed E-state index contributed by atoms with van der Waals surface area (Å²) in [5.41, 5.74) is -0.671. The highest BCUT2D eigenvalue weighted by molar-refractivity contribution is 6.30. The molecular weight excluding hydrogens is 487 g/mol. The lowest BCUT2D eigenvalue weighted by atomic mass is 10.0. The zero-order valence-electron chi connectivity index (χ0n) is 17.9. The normalized spacial score (nSPS) is 16.4. The van der Waals surface area contributed by atoms with Gasteiger partial charge < -0.3 is 19.9 Å². The predicted molar refractivity (Wildman–Crippen MR) is 119 cm³/mol. The monoisotopic (exact) mass is 503 g/mol. The molecule has 0 radical (unpaired) electrons. The van der Waals surface area contributed by atoms with Gasteiger partial charge in [0.05, 0.1) is 6.04 Å². The van der Waals surface area contributed by atoms with Crippen molar-refractivity contribution in [1.29, 1.82) is 0 Å². The SMILES string of the molecule is O=C(NCc1c(F)cc(F)cc1F)c1cn2c(c(O)c1=O)C(=O)N1Cc3ccc(Cl)cc3C[C@@H]2C1. The van der Waals surface area contributed by atoms with E-state index in [1.165, 1.54) is 15.7 Å². The van der Waals surface area contributed by atoms with Crippen LogP contribution in [0.1, 0.15) is 43.6 Å². The topological polar surface area (TPSA) is 91.6 Å². The third-order valence-electron chi connectivity index (χ3n) is 6.29. The Labute approximate surface area is 201 Å². The molecule has 3 heterocycles. The number of fused-ring (bicyclic) bond motifs is 5. The van der Waals surface area contributed by atoms with Gasteiger partial charge in [0, 0.05) is 48.5 Å². The molecule has 2 aliphatic heterocycles. The molecule has 0 fully saturated rings. The molecule has 5 rings (SSSR count). The van der Waals surface area contributed by atoms with Gasteiger partial charge in [0.2, 0.25) is 5.43 Å². The number of carbonyl (C=O) groups excluding carboxylic acids is 2. The van der Waals surface area contributed by atoms with Gasteiger partial charge in [0.25, 0.3) is 11.8 Å². The van der Waals surface area contributed by atoms with Crippen LogP contribution in [0.15, 0.2) is 41.3 Å². The van der Waals surface area contributed by atoms with E-state index in [2.05, 4.69) is 5.32 Å². The third kappa shape index (κ3) is 3.93. The second-order valence-electron chi connectivity index (χ2n) is 8.46. The minimum Gasteiger partial charge on any atom is -0.503 e. The molecular formula is C24H17ClF3N3O4. The van der Waals surface area contributed by atoms with E-state index in [9.17, 15) is 32.7 Å². The zero-order valence-corrected chi connectivity index (χ0v) is 18.7. The molecule has 11 heteroatoms. The van der Waals surface area contributed by atoms with E-state index in [-0.39, 0.29) is 18.8 Å². The summed E-state index contributed by atoms with van der Waals surface area (Å²) in [5, 5.41) is 13.3. The molecule has 2 N–H and O–H groups in total. The van der Waals surface area contributed by atoms with Gasteiger partial charge >= 0.3 is 0 Å². The first kappa shape index (κ1) is 23.0. The Morgan fingerprint density at radius 2 is 1.83 bits per heavy atom. The maximum absolute atomic E-state index is 13.9. The molecule has 1 atom stereocenters. The van der Waals surface area contributed by atoms with Gasteiger partial charge in [-0.1, -0.05) is 17.7 Å². The number of halogens is 4. The molecule has 2 aromatic carbocycles. The Bertz CT molecular complexity index is 1450. The average molecular weight is 504 g/mol. The summed E-state index contributed by atoms with van der Waals surface area (Å²) in [4.78, 5) is 40.1. The minimum absolute atomic E-state index is 0.239. The van der Waals surface area contributed by atoms with Crippen molar-refractivity contribution >= 4 is 23.4 Å². The Hall–Kier alpha value is -3.79. The molecule has 2 amide bonds. The van der Waals surface area contributed by atoms with Crippen LogP contribution in [0.5, 0.6) is 5.75 Å². The largest absolute Gasteiger partial charge is 0.503 e. The van der Waals surface area contributed by atoms with Crippen molar-refractivity contribution in [1.82, 2.24) is 14.8 Å². The molecule has 0 saturated heterocycles. The van der Waals surface area contributed by atoms with Crippen LogP contribution >= 0.6 is 11.6 Å². The first-order chi connectivity index (χ1) is 16.6. The van der Waals surface area contributed by atoms with Crippen LogP contribution < -0.4 is 10.7 Å². The fraction of sp³-hybridized carbons (Fsp3) is 0.208. The molecule has 1 aromatic heterocycles. The van der Waals surface area contributed by atoms with E-state index in [0.717, 1.165) is 11.1 Å². The number of hydrogen-bond acceptors (Lipinski definition) is 4. The Kier molecular flexibility index (Phi) is 5.55. The number of carbonyl (C=O) groups is 2. The first-order valence-electron chi connectivity index (χ1n) is 10.6. The van der Waals surface area contributed by atoms with E-state index >= 15 is 0 Å². The van der Waals surface area contributed by atoms with Crippen LogP contribution in [-0.2, 0) is 19.5 Å². The highest BCUT2D eigenvalue weighted by Crippen LogP contribution is 2.34. The van der Waals surface area contributed by atoms with Crippen molar-refractivity contribution in [3.8, 4) is 5.75 Å². The summed E-state index contributed by atoms with van der Waals surface area (Å²) < 4.78 is 42.3. The zero-order chi connectivity index (χ0) is 25.0. The highest BCUT2D eigenvalue weighted by atomic mass is 35.5. The lowest BCUT2D eigenvalue weighted by Gasteiger charge is -2.34. The van der Waals surface area contributed by atoms with Gasteiger partial charge in [0.1, 0.15) is 23.0 Å². The molecule has 0 saturated carbocycles. The third-order valence-corrected chi connectivity index (χ3v) is 6.52. The molecule has 0 spiro atoms. The van der Waals surface area contributed by atoms with Crippen LogP contribution in [0.3, 0.4) is 0 Å². The van der Waals surface area contributed by atoms with Crippen LogP contribution in [-0.4, -0.2) is 32.9 Å². The van der Waals surface area contributed by atoms with Gasteiger partial charge in [-0.05, 0) is 29.7 Å².